The second kappa shape index (κ2) is 16.7. The number of benzene rings is 2. The first kappa shape index (κ1) is 34.5. The third kappa shape index (κ3) is 11.9. The first-order valence-corrected chi connectivity index (χ1v) is 14.8. The van der Waals surface area contributed by atoms with Gasteiger partial charge in [-0.1, -0.05) is 56.2 Å². The molecule has 0 aliphatic heterocycles. The number of carbonyl (C=O) groups excluding carboxylic acids is 3. The summed E-state index contributed by atoms with van der Waals surface area (Å²) in [5.74, 6) is -1.77. The van der Waals surface area contributed by atoms with Gasteiger partial charge in [0.25, 0.3) is 0 Å². The van der Waals surface area contributed by atoms with E-state index in [2.05, 4.69) is 43.5 Å². The maximum absolute atomic E-state index is 13.7. The molecule has 0 fully saturated rings. The van der Waals surface area contributed by atoms with E-state index in [9.17, 15) is 19.2 Å². The van der Waals surface area contributed by atoms with E-state index in [1.165, 1.54) is 0 Å². The number of carbonyl (C=O) groups is 4. The van der Waals surface area contributed by atoms with Crippen LogP contribution in [0.5, 0.6) is 5.75 Å². The number of nitrogens with one attached hydrogen (secondary N) is 4. The number of aromatic amines is 1. The Balaban J connectivity index is 1.89. The number of alkyl carbamates (subject to hydrolysis) is 1. The van der Waals surface area contributed by atoms with Crippen LogP contribution >= 0.6 is 0 Å². The van der Waals surface area contributed by atoms with E-state index >= 15 is 0 Å². The van der Waals surface area contributed by atoms with Crippen molar-refractivity contribution in [3.05, 3.63) is 59.7 Å². The lowest BCUT2D eigenvalue weighted by atomic mass is 10.0. The van der Waals surface area contributed by atoms with E-state index in [1.807, 2.05) is 30.3 Å². The highest BCUT2D eigenvalue weighted by molar-refractivity contribution is 5.91. The fourth-order valence-electron chi connectivity index (χ4n) is 4.36. The zero-order valence-corrected chi connectivity index (χ0v) is 26.0. The molecule has 45 heavy (non-hydrogen) atoms. The minimum Gasteiger partial charge on any atom is -0.481 e. The summed E-state index contributed by atoms with van der Waals surface area (Å²) in [5.41, 5.74) is 0.974. The monoisotopic (exact) mass is 623 g/mol. The maximum atomic E-state index is 13.7. The molecule has 14 nitrogen and oxygen atoms in total. The molecule has 2 aromatic carbocycles. The molecule has 0 saturated heterocycles. The van der Waals surface area contributed by atoms with Crippen LogP contribution < -0.4 is 20.7 Å². The number of aromatic nitrogens is 4. The lowest BCUT2D eigenvalue weighted by Crippen LogP contribution is -2.55. The van der Waals surface area contributed by atoms with Crippen LogP contribution in [0.2, 0.25) is 0 Å². The zero-order chi connectivity index (χ0) is 32.8. The molecule has 0 bridgehead atoms. The summed E-state index contributed by atoms with van der Waals surface area (Å²) in [6.45, 7) is 7.06. The van der Waals surface area contributed by atoms with E-state index in [0.717, 1.165) is 24.8 Å². The van der Waals surface area contributed by atoms with Gasteiger partial charge in [-0.2, -0.15) is 5.21 Å². The van der Waals surface area contributed by atoms with Crippen molar-refractivity contribution in [2.45, 2.75) is 77.5 Å². The summed E-state index contributed by atoms with van der Waals surface area (Å²) in [7, 11) is 0. The summed E-state index contributed by atoms with van der Waals surface area (Å²) in [4.78, 5) is 50.9. The van der Waals surface area contributed by atoms with Crippen molar-refractivity contribution in [1.29, 1.82) is 0 Å². The molecule has 0 saturated carbocycles. The number of H-pyrrole nitrogens is 1. The Kier molecular flexibility index (Phi) is 12.8. The smallest absolute Gasteiger partial charge is 0.408 e. The van der Waals surface area contributed by atoms with Crippen molar-refractivity contribution in [3.63, 3.8) is 0 Å². The van der Waals surface area contributed by atoms with Gasteiger partial charge in [0.15, 0.2) is 6.61 Å². The molecule has 0 radical (unpaired) electrons. The third-order valence-electron chi connectivity index (χ3n) is 6.42. The number of amides is 3. The van der Waals surface area contributed by atoms with Gasteiger partial charge in [0.05, 0.1) is 5.56 Å². The summed E-state index contributed by atoms with van der Waals surface area (Å²) in [6, 6.07) is 12.0. The van der Waals surface area contributed by atoms with E-state index in [-0.39, 0.29) is 24.4 Å². The molecular weight excluding hydrogens is 582 g/mol. The van der Waals surface area contributed by atoms with E-state index in [1.54, 1.807) is 39.0 Å². The predicted octanol–water partition coefficient (Wildman–Crippen LogP) is 2.80. The molecule has 14 heteroatoms. The Labute approximate surface area is 261 Å². The average Bonchev–Trinajstić information content (AvgIpc) is 3.52. The van der Waals surface area contributed by atoms with E-state index in [0.29, 0.717) is 17.7 Å². The number of aliphatic carboxylic acids is 1. The van der Waals surface area contributed by atoms with Crippen molar-refractivity contribution in [2.24, 2.45) is 0 Å². The molecule has 2 atom stereocenters. The second-order valence-electron chi connectivity index (χ2n) is 11.4. The Morgan fingerprint density at radius 2 is 1.64 bits per heavy atom. The summed E-state index contributed by atoms with van der Waals surface area (Å²) >= 11 is 0. The number of hydrogen-bond acceptors (Lipinski definition) is 9. The molecule has 0 unspecified atom stereocenters. The quantitative estimate of drug-likeness (QED) is 0.148. The standard InChI is InChI=1S/C31H41N7O7/c1-5-6-10-15-32-28(41)23(18-21-13-14-25(44-19-26(39)40)22(16-21)27-35-37-38-36-27)33-29(42)24(17-20-11-8-7-9-12-20)34-30(43)45-31(2,3)4/h7-9,11-14,16,23-24H,5-6,10,15,17-19H2,1-4H3,(H,32,41)(H,33,42)(H,34,43)(H,39,40)(H,35,36,37,38)/t23-,24-/m0/s1. The number of ether oxygens (including phenoxy) is 2. The van der Waals surface area contributed by atoms with Crippen LogP contribution in [0.3, 0.4) is 0 Å². The Bertz CT molecular complexity index is 1410. The van der Waals surface area contributed by atoms with Crippen molar-refractivity contribution < 1.29 is 33.8 Å². The van der Waals surface area contributed by atoms with Gasteiger partial charge in [0.2, 0.25) is 17.6 Å². The van der Waals surface area contributed by atoms with Crippen LogP contribution in [-0.2, 0) is 32.0 Å². The fraction of sp³-hybridized carbons (Fsp3) is 0.452. The minimum absolute atomic E-state index is 0.0555. The largest absolute Gasteiger partial charge is 0.481 e. The van der Waals surface area contributed by atoms with Gasteiger partial charge in [-0.3, -0.25) is 9.59 Å². The first-order valence-electron chi connectivity index (χ1n) is 14.8. The molecule has 1 heterocycles. The predicted molar refractivity (Wildman–Crippen MR) is 164 cm³/mol. The van der Waals surface area contributed by atoms with Crippen molar-refractivity contribution in [2.75, 3.05) is 13.2 Å². The highest BCUT2D eigenvalue weighted by atomic mass is 16.6. The van der Waals surface area contributed by atoms with Gasteiger partial charge < -0.3 is 30.5 Å². The van der Waals surface area contributed by atoms with Gasteiger partial charge >= 0.3 is 12.1 Å². The van der Waals surface area contributed by atoms with Crippen LogP contribution in [0.15, 0.2) is 48.5 Å². The molecule has 0 spiro atoms. The third-order valence-corrected chi connectivity index (χ3v) is 6.42. The molecule has 3 amide bonds. The fourth-order valence-corrected chi connectivity index (χ4v) is 4.36. The number of carboxylic acids is 1. The molecule has 1 aromatic heterocycles. The van der Waals surface area contributed by atoms with Crippen LogP contribution in [0.4, 0.5) is 4.79 Å². The normalized spacial score (nSPS) is 12.4. The van der Waals surface area contributed by atoms with Crippen molar-refractivity contribution in [1.82, 2.24) is 36.6 Å². The highest BCUT2D eigenvalue weighted by Crippen LogP contribution is 2.29. The molecule has 3 rings (SSSR count). The average molecular weight is 624 g/mol. The first-order chi connectivity index (χ1) is 21.4. The number of nitrogens with zero attached hydrogens (tertiary/aromatic N) is 3. The van der Waals surface area contributed by atoms with Crippen molar-refractivity contribution in [3.8, 4) is 17.1 Å². The number of carboxylic acid groups (broad SMARTS) is 1. The second-order valence-corrected chi connectivity index (χ2v) is 11.4. The maximum Gasteiger partial charge on any atom is 0.408 e. The topological polar surface area (TPSA) is 198 Å². The lowest BCUT2D eigenvalue weighted by molar-refractivity contribution is -0.139. The molecule has 3 aromatic rings. The SMILES string of the molecule is CCCCCNC(=O)[C@H](Cc1ccc(OCC(=O)O)c(-c2nn[nH]n2)c1)NC(=O)[C@H](Cc1ccccc1)NC(=O)OC(C)(C)C. The van der Waals surface area contributed by atoms with Crippen molar-refractivity contribution >= 4 is 23.9 Å². The van der Waals surface area contributed by atoms with E-state index in [4.69, 9.17) is 14.6 Å². The molecule has 242 valence electrons. The molecule has 0 aliphatic carbocycles. The van der Waals surface area contributed by atoms with Gasteiger partial charge in [-0.15, -0.1) is 10.2 Å². The highest BCUT2D eigenvalue weighted by Gasteiger charge is 2.29. The number of unbranched alkanes of at least 4 members (excludes halogenated alkanes) is 2. The molecule has 0 aliphatic rings. The zero-order valence-electron chi connectivity index (χ0n) is 26.0. The summed E-state index contributed by atoms with van der Waals surface area (Å²) < 4.78 is 10.8. The van der Waals surface area contributed by atoms with Gasteiger partial charge in [-0.25, -0.2) is 9.59 Å². The summed E-state index contributed by atoms with van der Waals surface area (Å²) in [6.07, 6.45) is 2.14. The van der Waals surface area contributed by atoms with Crippen LogP contribution in [0.1, 0.15) is 58.1 Å². The van der Waals surface area contributed by atoms with Gasteiger partial charge in [0, 0.05) is 19.4 Å². The number of rotatable bonds is 16. The van der Waals surface area contributed by atoms with Crippen LogP contribution in [0, 0.1) is 0 Å². The van der Waals surface area contributed by atoms with Gasteiger partial charge in [-0.05, 0) is 55.7 Å². The minimum atomic E-state index is -1.16. The number of tetrazole rings is 1. The lowest BCUT2D eigenvalue weighted by Gasteiger charge is -2.25. The molecule has 5 N–H and O–H groups in total. The summed E-state index contributed by atoms with van der Waals surface area (Å²) in [5, 5.41) is 31.3. The number of hydrogen-bond donors (Lipinski definition) is 5. The Morgan fingerprint density at radius 1 is 0.933 bits per heavy atom. The van der Waals surface area contributed by atoms with E-state index < -0.39 is 48.2 Å². The van der Waals surface area contributed by atoms with Crippen LogP contribution in [0.25, 0.3) is 11.4 Å². The van der Waals surface area contributed by atoms with Gasteiger partial charge in [0.1, 0.15) is 23.4 Å². The Morgan fingerprint density at radius 3 is 2.29 bits per heavy atom. The molecular formula is C31H41N7O7. The van der Waals surface area contributed by atoms with Crippen LogP contribution in [-0.4, -0.2) is 80.4 Å². The Hall–Kier alpha value is -5.01.